The Morgan fingerprint density at radius 2 is 2.06 bits per heavy atom. The molecular formula is C18H28ClN11O2. The van der Waals surface area contributed by atoms with Crippen LogP contribution < -0.4 is 27.5 Å². The summed E-state index contributed by atoms with van der Waals surface area (Å²) in [5, 5.41) is 15.1. The second-order valence-corrected chi connectivity index (χ2v) is 8.05. The van der Waals surface area contributed by atoms with Crippen molar-refractivity contribution in [3.8, 4) is 0 Å². The van der Waals surface area contributed by atoms with E-state index in [-0.39, 0.29) is 33.9 Å². The van der Waals surface area contributed by atoms with Gasteiger partial charge in [-0.1, -0.05) is 11.6 Å². The number of nitrogens with one attached hydrogen (secondary N) is 4. The first kappa shape index (κ1) is 23.5. The Morgan fingerprint density at radius 1 is 1.34 bits per heavy atom. The molecular weight excluding hydrogens is 438 g/mol. The van der Waals surface area contributed by atoms with Gasteiger partial charge in [0.1, 0.15) is 0 Å². The molecule has 2 fully saturated rings. The summed E-state index contributed by atoms with van der Waals surface area (Å²) in [6.07, 6.45) is 3.73. The summed E-state index contributed by atoms with van der Waals surface area (Å²) in [7, 11) is 1.73. The van der Waals surface area contributed by atoms with Crippen molar-refractivity contribution >= 4 is 47.3 Å². The van der Waals surface area contributed by atoms with Crippen LogP contribution in [0.1, 0.15) is 36.2 Å². The van der Waals surface area contributed by atoms with Crippen LogP contribution in [0.4, 0.5) is 11.6 Å². The van der Waals surface area contributed by atoms with Crippen LogP contribution in [0.3, 0.4) is 0 Å². The molecule has 0 atom stereocenters. The lowest BCUT2D eigenvalue weighted by Crippen LogP contribution is -2.53. The molecule has 174 valence electrons. The average Bonchev–Trinajstić information content (AvgIpc) is 3.15. The molecule has 2 saturated heterocycles. The van der Waals surface area contributed by atoms with E-state index in [0.717, 1.165) is 12.8 Å². The Hall–Kier alpha value is -3.19. The first-order valence-corrected chi connectivity index (χ1v) is 10.6. The molecule has 0 saturated carbocycles. The summed E-state index contributed by atoms with van der Waals surface area (Å²) in [4.78, 5) is 38.5. The number of nitrogens with two attached hydrogens (primary N) is 2. The number of hydrazine groups is 1. The lowest BCUT2D eigenvalue weighted by atomic mass is 9.88. The monoisotopic (exact) mass is 465 g/mol. The topological polar surface area (TPSA) is 191 Å². The Morgan fingerprint density at radius 3 is 2.72 bits per heavy atom. The third-order valence-corrected chi connectivity index (χ3v) is 5.88. The summed E-state index contributed by atoms with van der Waals surface area (Å²) in [5.74, 6) is -0.455. The Balaban J connectivity index is 1.52. The maximum atomic E-state index is 12.5. The molecule has 0 unspecified atom stereocenters. The number of halogens is 1. The standard InChI is InChI=1S/C18H28ClN11O2/c1-23-30(10-20)6-2-3-11(31)29-7-4-18(5-8-29)9-24-17(28-18)27-16(32)12-14(21)26-15(22)13(19)25-12/h10,20,23H,2-9H2,1H3,(H4,21,22,26)(H2,24,27,28,32). The lowest BCUT2D eigenvalue weighted by Gasteiger charge is -2.38. The number of amides is 2. The number of nitrogen functional groups attached to an aromatic ring is 2. The Labute approximate surface area is 190 Å². The summed E-state index contributed by atoms with van der Waals surface area (Å²) in [6, 6.07) is 0. The molecule has 2 aliphatic heterocycles. The Bertz CT molecular complexity index is 914. The number of guanidine groups is 1. The second kappa shape index (κ2) is 9.96. The predicted octanol–water partition coefficient (Wildman–Crippen LogP) is -0.832. The smallest absolute Gasteiger partial charge is 0.302 e. The number of aromatic nitrogens is 2. The van der Waals surface area contributed by atoms with Crippen molar-refractivity contribution in [2.75, 3.05) is 44.7 Å². The van der Waals surface area contributed by atoms with Gasteiger partial charge in [0.15, 0.2) is 28.4 Å². The number of likely N-dealkylation sites (tertiary alicyclic amines) is 1. The maximum absolute atomic E-state index is 12.5. The van der Waals surface area contributed by atoms with E-state index in [1.54, 1.807) is 12.1 Å². The van der Waals surface area contributed by atoms with Crippen molar-refractivity contribution in [2.24, 2.45) is 4.99 Å². The minimum Gasteiger partial charge on any atom is -0.382 e. The molecule has 32 heavy (non-hydrogen) atoms. The fourth-order valence-corrected chi connectivity index (χ4v) is 3.83. The highest BCUT2D eigenvalue weighted by atomic mass is 35.5. The minimum absolute atomic E-state index is 0.0557. The van der Waals surface area contributed by atoms with Gasteiger partial charge in [-0.25, -0.2) is 15.4 Å². The van der Waals surface area contributed by atoms with Gasteiger partial charge in [-0.05, 0) is 19.3 Å². The van der Waals surface area contributed by atoms with Crippen molar-refractivity contribution in [3.05, 3.63) is 10.8 Å². The first-order valence-electron chi connectivity index (χ1n) is 10.2. The van der Waals surface area contributed by atoms with Crippen molar-refractivity contribution in [3.63, 3.8) is 0 Å². The predicted molar refractivity (Wildman–Crippen MR) is 121 cm³/mol. The maximum Gasteiger partial charge on any atom is 0.302 e. The van der Waals surface area contributed by atoms with Crippen LogP contribution in [0, 0.1) is 5.41 Å². The highest BCUT2D eigenvalue weighted by Crippen LogP contribution is 2.25. The number of nitrogens with zero attached hydrogens (tertiary/aromatic N) is 5. The highest BCUT2D eigenvalue weighted by molar-refractivity contribution is 6.31. The largest absolute Gasteiger partial charge is 0.382 e. The zero-order valence-electron chi connectivity index (χ0n) is 17.8. The van der Waals surface area contributed by atoms with Crippen LogP contribution >= 0.6 is 11.6 Å². The molecule has 3 heterocycles. The van der Waals surface area contributed by atoms with Gasteiger partial charge in [0.2, 0.25) is 5.91 Å². The number of hydrogen-bond acceptors (Lipinski definition) is 8. The van der Waals surface area contributed by atoms with E-state index in [0.29, 0.717) is 45.0 Å². The molecule has 2 amide bonds. The molecule has 0 aliphatic carbocycles. The average molecular weight is 466 g/mol. The van der Waals surface area contributed by atoms with Gasteiger partial charge in [-0.2, -0.15) is 4.99 Å². The van der Waals surface area contributed by atoms with Crippen LogP contribution in [0.15, 0.2) is 4.99 Å². The van der Waals surface area contributed by atoms with Crippen LogP contribution in [0.2, 0.25) is 5.15 Å². The molecule has 14 heteroatoms. The van der Waals surface area contributed by atoms with E-state index < -0.39 is 5.91 Å². The van der Waals surface area contributed by atoms with Gasteiger partial charge in [0.05, 0.1) is 11.9 Å². The van der Waals surface area contributed by atoms with Crippen LogP contribution in [0.5, 0.6) is 0 Å². The molecule has 2 aliphatic rings. The molecule has 0 aromatic carbocycles. The third kappa shape index (κ3) is 5.34. The highest BCUT2D eigenvalue weighted by Gasteiger charge is 2.40. The van der Waals surface area contributed by atoms with Crippen LogP contribution in [-0.2, 0) is 4.79 Å². The van der Waals surface area contributed by atoms with Gasteiger partial charge in [0.25, 0.3) is 0 Å². The van der Waals surface area contributed by atoms with Crippen molar-refractivity contribution in [2.45, 2.75) is 31.2 Å². The van der Waals surface area contributed by atoms with Gasteiger partial charge >= 0.3 is 5.91 Å². The first-order chi connectivity index (χ1) is 15.3. The molecule has 0 radical (unpaired) electrons. The van der Waals surface area contributed by atoms with Gasteiger partial charge < -0.3 is 27.0 Å². The number of carbonyl (C=O) groups is 2. The zero-order valence-corrected chi connectivity index (χ0v) is 18.6. The van der Waals surface area contributed by atoms with Gasteiger partial charge in [0, 0.05) is 39.6 Å². The normalized spacial score (nSPS) is 18.3. The summed E-state index contributed by atoms with van der Waals surface area (Å²) in [6.45, 7) is 2.40. The minimum atomic E-state index is -0.683. The van der Waals surface area contributed by atoms with Gasteiger partial charge in [-0.3, -0.25) is 20.0 Å². The van der Waals surface area contributed by atoms with E-state index in [2.05, 4.69) is 31.0 Å². The van der Waals surface area contributed by atoms with Crippen molar-refractivity contribution in [1.29, 1.82) is 5.41 Å². The third-order valence-electron chi connectivity index (χ3n) is 5.60. The van der Waals surface area contributed by atoms with E-state index in [1.807, 2.05) is 4.90 Å². The number of hydrogen-bond donors (Lipinski definition) is 6. The molecule has 1 aromatic rings. The fraction of sp³-hybridized carbons (Fsp3) is 0.556. The number of anilines is 2. The number of aliphatic imine (C=N–C) groups is 1. The molecule has 0 bridgehead atoms. The molecule has 13 nitrogen and oxygen atoms in total. The van der Waals surface area contributed by atoms with Crippen molar-refractivity contribution < 1.29 is 9.59 Å². The van der Waals surface area contributed by atoms with Crippen LogP contribution in [-0.4, -0.2) is 82.8 Å². The lowest BCUT2D eigenvalue weighted by molar-refractivity contribution is -0.132. The second-order valence-electron chi connectivity index (χ2n) is 7.69. The van der Waals surface area contributed by atoms with Crippen molar-refractivity contribution in [1.82, 2.24) is 35.9 Å². The summed E-state index contributed by atoms with van der Waals surface area (Å²) >= 11 is 5.83. The Kier molecular flexibility index (Phi) is 7.30. The van der Waals surface area contributed by atoms with Crippen LogP contribution in [0.25, 0.3) is 0 Å². The zero-order chi connectivity index (χ0) is 23.3. The fourth-order valence-electron chi connectivity index (χ4n) is 3.70. The molecule has 1 spiro atoms. The number of piperidine rings is 1. The molecule has 3 rings (SSSR count). The van der Waals surface area contributed by atoms with E-state index in [1.165, 1.54) is 6.34 Å². The summed E-state index contributed by atoms with van der Waals surface area (Å²) in [5.41, 5.74) is 13.7. The summed E-state index contributed by atoms with van der Waals surface area (Å²) < 4.78 is 0. The molecule has 8 N–H and O–H groups in total. The molecule has 1 aromatic heterocycles. The van der Waals surface area contributed by atoms with E-state index >= 15 is 0 Å². The van der Waals surface area contributed by atoms with E-state index in [9.17, 15) is 9.59 Å². The van der Waals surface area contributed by atoms with Gasteiger partial charge in [-0.15, -0.1) is 0 Å². The number of carbonyl (C=O) groups excluding carboxylic acids is 2. The quantitative estimate of drug-likeness (QED) is 0.168. The SMILES string of the molecule is CNN(C=N)CCCC(=O)N1CCC2(CC1)CN/C(=N\C(=O)c1nc(Cl)c(N)nc1N)N2. The van der Waals surface area contributed by atoms with E-state index in [4.69, 9.17) is 28.5 Å². The number of rotatable bonds is 7.